The Labute approximate surface area is 180 Å². The molecule has 31 heavy (non-hydrogen) atoms. The molecule has 160 valence electrons. The average molecular weight is 421 g/mol. The highest BCUT2D eigenvalue weighted by molar-refractivity contribution is 6.09. The van der Waals surface area contributed by atoms with Crippen LogP contribution in [-0.2, 0) is 4.79 Å². The van der Waals surface area contributed by atoms with E-state index in [9.17, 15) is 14.0 Å². The summed E-state index contributed by atoms with van der Waals surface area (Å²) in [7, 11) is 0. The van der Waals surface area contributed by atoms with Crippen LogP contribution in [-0.4, -0.2) is 29.9 Å². The van der Waals surface area contributed by atoms with Crippen LogP contribution >= 0.6 is 0 Å². The van der Waals surface area contributed by atoms with Gasteiger partial charge in [-0.05, 0) is 61.3 Å². The molecule has 0 spiro atoms. The number of benzene rings is 3. The van der Waals surface area contributed by atoms with E-state index in [1.54, 1.807) is 36.4 Å². The first-order valence-corrected chi connectivity index (χ1v) is 10.1. The maximum atomic E-state index is 13.9. The van der Waals surface area contributed by atoms with E-state index < -0.39 is 11.8 Å². The minimum Gasteiger partial charge on any atom is -0.486 e. The van der Waals surface area contributed by atoms with Gasteiger partial charge in [-0.1, -0.05) is 42.5 Å². The third-order valence-corrected chi connectivity index (χ3v) is 4.78. The van der Waals surface area contributed by atoms with E-state index >= 15 is 0 Å². The third-order valence-electron chi connectivity index (χ3n) is 4.78. The van der Waals surface area contributed by atoms with E-state index in [-0.39, 0.29) is 24.0 Å². The lowest BCUT2D eigenvalue weighted by Crippen LogP contribution is -2.24. The van der Waals surface area contributed by atoms with Gasteiger partial charge < -0.3 is 15.2 Å². The van der Waals surface area contributed by atoms with Crippen molar-refractivity contribution in [2.75, 3.05) is 13.1 Å². The molecule has 0 aliphatic rings. The molecule has 0 saturated carbocycles. The van der Waals surface area contributed by atoms with Gasteiger partial charge in [-0.2, -0.15) is 0 Å². The summed E-state index contributed by atoms with van der Waals surface area (Å²) in [6.45, 7) is 0.490. The maximum absolute atomic E-state index is 13.9. The fourth-order valence-electron chi connectivity index (χ4n) is 3.22. The fraction of sp³-hybridized carbons (Fsp3) is 0.200. The van der Waals surface area contributed by atoms with Crippen LogP contribution in [0.5, 0.6) is 5.75 Å². The number of aliphatic carboxylic acids is 1. The molecule has 0 radical (unpaired) electrons. The van der Waals surface area contributed by atoms with Gasteiger partial charge in [-0.15, -0.1) is 0 Å². The van der Waals surface area contributed by atoms with Crippen molar-refractivity contribution in [3.05, 3.63) is 101 Å². The Morgan fingerprint density at radius 1 is 0.935 bits per heavy atom. The first-order chi connectivity index (χ1) is 15.0. The molecule has 0 aromatic heterocycles. The van der Waals surface area contributed by atoms with E-state index in [1.807, 2.05) is 30.3 Å². The standard InChI is InChI=1S/C25H24FNO4/c26-22-10-5-4-9-21(22)25(30)19-12-14-20(15-13-19)31-23(18-7-2-1-3-8-18)11-6-16-27-17-24(28)29/h1-5,7-10,12-15,23,27H,6,11,16-17H2,(H,28,29). The van der Waals surface area contributed by atoms with Crippen molar-refractivity contribution in [1.82, 2.24) is 5.32 Å². The lowest BCUT2D eigenvalue weighted by atomic mass is 10.0. The minimum atomic E-state index is -0.888. The maximum Gasteiger partial charge on any atom is 0.317 e. The zero-order chi connectivity index (χ0) is 22.1. The van der Waals surface area contributed by atoms with Crippen molar-refractivity contribution in [2.45, 2.75) is 18.9 Å². The normalized spacial score (nSPS) is 11.6. The van der Waals surface area contributed by atoms with Crippen molar-refractivity contribution in [3.63, 3.8) is 0 Å². The van der Waals surface area contributed by atoms with Gasteiger partial charge in [0.05, 0.1) is 12.1 Å². The first kappa shape index (κ1) is 22.2. The van der Waals surface area contributed by atoms with Gasteiger partial charge in [0, 0.05) is 5.56 Å². The van der Waals surface area contributed by atoms with Gasteiger partial charge in [-0.25, -0.2) is 4.39 Å². The second-order valence-corrected chi connectivity index (χ2v) is 7.06. The van der Waals surface area contributed by atoms with Crippen LogP contribution in [0.4, 0.5) is 4.39 Å². The molecule has 3 rings (SSSR count). The molecule has 1 atom stereocenters. The topological polar surface area (TPSA) is 75.6 Å². The Kier molecular flexibility index (Phi) is 7.90. The number of carbonyl (C=O) groups is 2. The van der Waals surface area contributed by atoms with E-state index in [0.29, 0.717) is 24.3 Å². The zero-order valence-corrected chi connectivity index (χ0v) is 17.0. The number of ether oxygens (including phenoxy) is 1. The molecular formula is C25H24FNO4. The molecule has 0 heterocycles. The number of hydrogen-bond acceptors (Lipinski definition) is 4. The van der Waals surface area contributed by atoms with E-state index in [2.05, 4.69) is 5.32 Å². The molecule has 3 aromatic carbocycles. The summed E-state index contributed by atoms with van der Waals surface area (Å²) in [6.07, 6.45) is 1.20. The summed E-state index contributed by atoms with van der Waals surface area (Å²) in [5.41, 5.74) is 1.42. The molecule has 0 fully saturated rings. The van der Waals surface area contributed by atoms with Gasteiger partial charge in [0.25, 0.3) is 0 Å². The number of nitrogens with one attached hydrogen (secondary N) is 1. The molecule has 6 heteroatoms. The number of carboxylic acid groups (broad SMARTS) is 1. The average Bonchev–Trinajstić information content (AvgIpc) is 2.79. The molecule has 5 nitrogen and oxygen atoms in total. The summed E-state index contributed by atoms with van der Waals surface area (Å²) in [5.74, 6) is -1.22. The van der Waals surface area contributed by atoms with Crippen molar-refractivity contribution in [3.8, 4) is 5.75 Å². The summed E-state index contributed by atoms with van der Waals surface area (Å²) in [6, 6.07) is 22.3. The lowest BCUT2D eigenvalue weighted by Gasteiger charge is -2.20. The summed E-state index contributed by atoms with van der Waals surface area (Å²) >= 11 is 0. The number of halogens is 1. The van der Waals surface area contributed by atoms with Crippen LogP contribution < -0.4 is 10.1 Å². The number of ketones is 1. The third kappa shape index (κ3) is 6.49. The van der Waals surface area contributed by atoms with Gasteiger partial charge in [0.15, 0.2) is 5.78 Å². The molecule has 0 saturated heterocycles. The van der Waals surface area contributed by atoms with Gasteiger partial charge in [-0.3, -0.25) is 9.59 Å². The number of carbonyl (C=O) groups excluding carboxylic acids is 1. The van der Waals surface area contributed by atoms with E-state index in [4.69, 9.17) is 9.84 Å². The van der Waals surface area contributed by atoms with Gasteiger partial charge in [0.1, 0.15) is 17.7 Å². The van der Waals surface area contributed by atoms with Crippen molar-refractivity contribution >= 4 is 11.8 Å². The molecule has 0 amide bonds. The summed E-state index contributed by atoms with van der Waals surface area (Å²) < 4.78 is 20.1. The monoisotopic (exact) mass is 421 g/mol. The first-order valence-electron chi connectivity index (χ1n) is 10.1. The highest BCUT2D eigenvalue weighted by atomic mass is 19.1. The number of carboxylic acids is 1. The zero-order valence-electron chi connectivity index (χ0n) is 17.0. The van der Waals surface area contributed by atoms with Gasteiger partial charge >= 0.3 is 5.97 Å². The van der Waals surface area contributed by atoms with Crippen LogP contribution in [0, 0.1) is 5.82 Å². The summed E-state index contributed by atoms with van der Waals surface area (Å²) in [5, 5.41) is 11.6. The quantitative estimate of drug-likeness (QED) is 0.349. The number of rotatable bonds is 11. The second-order valence-electron chi connectivity index (χ2n) is 7.06. The van der Waals surface area contributed by atoms with E-state index in [1.165, 1.54) is 12.1 Å². The Morgan fingerprint density at radius 2 is 1.61 bits per heavy atom. The Balaban J connectivity index is 1.67. The van der Waals surface area contributed by atoms with Crippen LogP contribution in [0.1, 0.15) is 40.4 Å². The van der Waals surface area contributed by atoms with Crippen molar-refractivity contribution in [1.29, 1.82) is 0 Å². The molecule has 0 aliphatic carbocycles. The Hall–Kier alpha value is -3.51. The molecular weight excluding hydrogens is 397 g/mol. The van der Waals surface area contributed by atoms with E-state index in [0.717, 1.165) is 12.0 Å². The van der Waals surface area contributed by atoms with Crippen LogP contribution in [0.15, 0.2) is 78.9 Å². The summed E-state index contributed by atoms with van der Waals surface area (Å²) in [4.78, 5) is 23.2. The molecule has 0 bridgehead atoms. The predicted octanol–water partition coefficient (Wildman–Crippen LogP) is 4.63. The van der Waals surface area contributed by atoms with Crippen molar-refractivity contribution in [2.24, 2.45) is 0 Å². The molecule has 0 aliphatic heterocycles. The second kappa shape index (κ2) is 11.0. The predicted molar refractivity (Wildman–Crippen MR) is 116 cm³/mol. The number of hydrogen-bond donors (Lipinski definition) is 2. The smallest absolute Gasteiger partial charge is 0.317 e. The fourth-order valence-corrected chi connectivity index (χ4v) is 3.22. The lowest BCUT2D eigenvalue weighted by molar-refractivity contribution is -0.135. The van der Waals surface area contributed by atoms with Crippen LogP contribution in [0.25, 0.3) is 0 Å². The molecule has 1 unspecified atom stereocenters. The van der Waals surface area contributed by atoms with Crippen LogP contribution in [0.3, 0.4) is 0 Å². The largest absolute Gasteiger partial charge is 0.486 e. The SMILES string of the molecule is O=C(O)CNCCCC(Oc1ccc(C(=O)c2ccccc2F)cc1)c1ccccc1. The Morgan fingerprint density at radius 3 is 2.29 bits per heavy atom. The molecule has 3 aromatic rings. The van der Waals surface area contributed by atoms with Crippen molar-refractivity contribution < 1.29 is 23.8 Å². The minimum absolute atomic E-state index is 0.0344. The Bertz CT molecular complexity index is 1010. The molecule has 2 N–H and O–H groups in total. The van der Waals surface area contributed by atoms with Crippen LogP contribution in [0.2, 0.25) is 0 Å². The highest BCUT2D eigenvalue weighted by Gasteiger charge is 2.16. The van der Waals surface area contributed by atoms with Gasteiger partial charge in [0.2, 0.25) is 0 Å². The highest BCUT2D eigenvalue weighted by Crippen LogP contribution is 2.26.